The number of rotatable bonds is 6. The fourth-order valence-corrected chi connectivity index (χ4v) is 3.43. The summed E-state index contributed by atoms with van der Waals surface area (Å²) in [6.07, 6.45) is 6.29. The Kier molecular flexibility index (Phi) is 10.4. The number of hydrogen-bond donors (Lipinski definition) is 4. The number of halogens is 2. The first-order valence-corrected chi connectivity index (χ1v) is 9.20. The van der Waals surface area contributed by atoms with Crippen molar-refractivity contribution in [3.8, 4) is 0 Å². The molecule has 29 heavy (non-hydrogen) atoms. The van der Waals surface area contributed by atoms with Crippen molar-refractivity contribution in [1.29, 1.82) is 0 Å². The maximum Gasteiger partial charge on any atom is 0.319 e. The summed E-state index contributed by atoms with van der Waals surface area (Å²) in [6.45, 7) is 0.949. The number of urea groups is 1. The number of nitrogens with one attached hydrogen (secondary N) is 3. The third-order valence-electron chi connectivity index (χ3n) is 4.89. The van der Waals surface area contributed by atoms with Crippen molar-refractivity contribution < 1.29 is 9.59 Å². The van der Waals surface area contributed by atoms with Crippen molar-refractivity contribution in [2.75, 3.05) is 17.2 Å². The Morgan fingerprint density at radius 1 is 1.03 bits per heavy atom. The zero-order valence-electron chi connectivity index (χ0n) is 16.0. The molecule has 0 aliphatic heterocycles. The lowest BCUT2D eigenvalue weighted by Crippen LogP contribution is -2.30. The minimum atomic E-state index is -0.311. The fraction of sp³-hybridized carbons (Fsp3) is 0.350. The van der Waals surface area contributed by atoms with Crippen molar-refractivity contribution in [3.63, 3.8) is 0 Å². The molecule has 2 aromatic rings. The lowest BCUT2D eigenvalue weighted by molar-refractivity contribution is -0.120. The summed E-state index contributed by atoms with van der Waals surface area (Å²) in [7, 11) is 0. The van der Waals surface area contributed by atoms with Gasteiger partial charge in [-0.05, 0) is 61.2 Å². The van der Waals surface area contributed by atoms with Crippen LogP contribution in [0.2, 0.25) is 0 Å². The number of hydrogen-bond acceptors (Lipinski definition) is 4. The molecule has 0 unspecified atom stereocenters. The molecule has 0 bridgehead atoms. The van der Waals surface area contributed by atoms with Crippen LogP contribution >= 0.6 is 24.8 Å². The van der Waals surface area contributed by atoms with Gasteiger partial charge in [0.25, 0.3) is 0 Å². The summed E-state index contributed by atoms with van der Waals surface area (Å²) >= 11 is 0. The monoisotopic (exact) mass is 439 g/mol. The van der Waals surface area contributed by atoms with E-state index >= 15 is 0 Å². The maximum absolute atomic E-state index is 12.5. The summed E-state index contributed by atoms with van der Waals surface area (Å²) in [6, 6.07) is 10.5. The van der Waals surface area contributed by atoms with Crippen LogP contribution in [0.4, 0.5) is 16.2 Å². The van der Waals surface area contributed by atoms with E-state index in [1.807, 2.05) is 18.2 Å². The third kappa shape index (κ3) is 7.20. The quantitative estimate of drug-likeness (QED) is 0.551. The largest absolute Gasteiger partial charge is 0.334 e. The minimum absolute atomic E-state index is 0. The van der Waals surface area contributed by atoms with Gasteiger partial charge in [-0.25, -0.2) is 4.79 Å². The first-order chi connectivity index (χ1) is 13.2. The van der Waals surface area contributed by atoms with E-state index < -0.39 is 0 Å². The molecule has 158 valence electrons. The molecule has 9 heteroatoms. The third-order valence-corrected chi connectivity index (χ3v) is 4.89. The Morgan fingerprint density at radius 2 is 1.72 bits per heavy atom. The molecule has 2 atom stereocenters. The standard InChI is InChI=1S/C20H25N5O2.2ClH/c21-12-15-3-1-6-18(15)19(26)24-16-4-2-5-17(11-16)25-20(27)23-13-14-7-9-22-10-8-14;;/h2,4-5,7-11,15,18H,1,3,6,12-13,21H2,(H,24,26)(H2,23,25,27);2*1H/t15-,18-;;/m1../s1. The molecule has 1 aliphatic rings. The molecule has 1 aromatic heterocycles. The lowest BCUT2D eigenvalue weighted by Gasteiger charge is -2.17. The number of carbonyl (C=O) groups excluding carboxylic acids is 2. The second kappa shape index (κ2) is 12.3. The predicted octanol–water partition coefficient (Wildman–Crippen LogP) is 3.56. The molecular formula is C20H27Cl2N5O2. The molecule has 3 amide bonds. The molecule has 1 aromatic carbocycles. The van der Waals surface area contributed by atoms with E-state index in [-0.39, 0.29) is 48.6 Å². The van der Waals surface area contributed by atoms with Gasteiger partial charge in [-0.3, -0.25) is 9.78 Å². The molecule has 5 N–H and O–H groups in total. The Bertz CT molecular complexity index is 791. The molecule has 7 nitrogen and oxygen atoms in total. The Morgan fingerprint density at radius 3 is 2.41 bits per heavy atom. The van der Waals surface area contributed by atoms with Crippen LogP contribution in [0.25, 0.3) is 0 Å². The zero-order valence-corrected chi connectivity index (χ0v) is 17.6. The van der Waals surface area contributed by atoms with Crippen LogP contribution in [-0.4, -0.2) is 23.5 Å². The van der Waals surface area contributed by atoms with Crippen LogP contribution in [0.1, 0.15) is 24.8 Å². The molecular weight excluding hydrogens is 413 g/mol. The van der Waals surface area contributed by atoms with Gasteiger partial charge in [-0.1, -0.05) is 12.5 Å². The average molecular weight is 440 g/mol. The van der Waals surface area contributed by atoms with Gasteiger partial charge in [0.05, 0.1) is 0 Å². The lowest BCUT2D eigenvalue weighted by atomic mass is 9.95. The van der Waals surface area contributed by atoms with Crippen molar-refractivity contribution in [3.05, 3.63) is 54.4 Å². The highest BCUT2D eigenvalue weighted by Gasteiger charge is 2.31. The van der Waals surface area contributed by atoms with Crippen molar-refractivity contribution >= 4 is 48.1 Å². The van der Waals surface area contributed by atoms with E-state index in [0.29, 0.717) is 24.5 Å². The number of carbonyl (C=O) groups is 2. The number of nitrogens with zero attached hydrogens (tertiary/aromatic N) is 1. The predicted molar refractivity (Wildman–Crippen MR) is 120 cm³/mol. The van der Waals surface area contributed by atoms with Crippen LogP contribution in [0.15, 0.2) is 48.8 Å². The first kappa shape index (κ1) is 24.7. The molecule has 0 radical (unpaired) electrons. The van der Waals surface area contributed by atoms with Crippen molar-refractivity contribution in [2.24, 2.45) is 17.6 Å². The normalized spacial score (nSPS) is 17.4. The van der Waals surface area contributed by atoms with E-state index in [0.717, 1.165) is 24.8 Å². The van der Waals surface area contributed by atoms with Gasteiger partial charge in [0, 0.05) is 36.2 Å². The molecule has 0 saturated heterocycles. The van der Waals surface area contributed by atoms with Crippen molar-refractivity contribution in [1.82, 2.24) is 10.3 Å². The maximum atomic E-state index is 12.5. The van der Waals surface area contributed by atoms with Gasteiger partial charge in [0.15, 0.2) is 0 Å². The zero-order chi connectivity index (χ0) is 19.1. The van der Waals surface area contributed by atoms with Gasteiger partial charge >= 0.3 is 6.03 Å². The molecule has 1 fully saturated rings. The average Bonchev–Trinajstić information content (AvgIpc) is 3.16. The van der Waals surface area contributed by atoms with Crippen LogP contribution < -0.4 is 21.7 Å². The second-order valence-corrected chi connectivity index (χ2v) is 6.77. The van der Waals surface area contributed by atoms with E-state index in [2.05, 4.69) is 20.9 Å². The smallest absolute Gasteiger partial charge is 0.319 e. The van der Waals surface area contributed by atoms with E-state index in [1.54, 1.807) is 30.6 Å². The number of benzene rings is 1. The van der Waals surface area contributed by atoms with Crippen molar-refractivity contribution in [2.45, 2.75) is 25.8 Å². The van der Waals surface area contributed by atoms with E-state index in [9.17, 15) is 9.59 Å². The highest BCUT2D eigenvalue weighted by atomic mass is 35.5. The number of amides is 3. The number of pyridine rings is 1. The summed E-state index contributed by atoms with van der Waals surface area (Å²) in [5, 5.41) is 8.51. The highest BCUT2D eigenvalue weighted by molar-refractivity contribution is 5.94. The topological polar surface area (TPSA) is 109 Å². The van der Waals surface area contributed by atoms with Gasteiger partial charge < -0.3 is 21.7 Å². The number of aromatic nitrogens is 1. The second-order valence-electron chi connectivity index (χ2n) is 6.77. The minimum Gasteiger partial charge on any atom is -0.334 e. The summed E-state index contributed by atoms with van der Waals surface area (Å²) in [5.74, 6) is 0.225. The van der Waals surface area contributed by atoms with Gasteiger partial charge in [0.2, 0.25) is 5.91 Å². The molecule has 1 aliphatic carbocycles. The van der Waals surface area contributed by atoms with Gasteiger partial charge in [-0.2, -0.15) is 0 Å². The van der Waals surface area contributed by atoms with Crippen LogP contribution in [0.5, 0.6) is 0 Å². The SMILES string of the molecule is Cl.Cl.NC[C@H]1CCC[C@H]1C(=O)Nc1cccc(NC(=O)NCc2ccncc2)c1. The summed E-state index contributed by atoms with van der Waals surface area (Å²) < 4.78 is 0. The molecule has 1 saturated carbocycles. The fourth-order valence-electron chi connectivity index (χ4n) is 3.43. The summed E-state index contributed by atoms with van der Waals surface area (Å²) in [5.41, 5.74) is 8.01. The molecule has 1 heterocycles. The Balaban J connectivity index is 0.00000210. The number of anilines is 2. The highest BCUT2D eigenvalue weighted by Crippen LogP contribution is 2.32. The van der Waals surface area contributed by atoms with Crippen LogP contribution in [0.3, 0.4) is 0 Å². The van der Waals surface area contributed by atoms with Gasteiger partial charge in [-0.15, -0.1) is 24.8 Å². The Labute approximate surface area is 183 Å². The van der Waals surface area contributed by atoms with Crippen LogP contribution in [-0.2, 0) is 11.3 Å². The van der Waals surface area contributed by atoms with E-state index in [4.69, 9.17) is 5.73 Å². The number of nitrogens with two attached hydrogens (primary N) is 1. The Hall–Kier alpha value is -2.35. The van der Waals surface area contributed by atoms with Gasteiger partial charge in [0.1, 0.15) is 0 Å². The first-order valence-electron chi connectivity index (χ1n) is 9.20. The molecule has 3 rings (SSSR count). The molecule has 0 spiro atoms. The summed E-state index contributed by atoms with van der Waals surface area (Å²) in [4.78, 5) is 28.5. The van der Waals surface area contributed by atoms with Crippen LogP contribution in [0, 0.1) is 11.8 Å². The van der Waals surface area contributed by atoms with E-state index in [1.165, 1.54) is 0 Å².